The van der Waals surface area contributed by atoms with E-state index in [1.807, 2.05) is 18.2 Å². The molecule has 6 rings (SSSR count). The van der Waals surface area contributed by atoms with Gasteiger partial charge in [-0.1, -0.05) is 51.9 Å². The summed E-state index contributed by atoms with van der Waals surface area (Å²) in [5.74, 6) is 0.676. The zero-order valence-corrected chi connectivity index (χ0v) is 34.3. The Morgan fingerprint density at radius 2 is 1.41 bits per heavy atom. The van der Waals surface area contributed by atoms with Crippen LogP contribution < -0.4 is 9.64 Å². The number of ether oxygens (including phenoxy) is 1. The number of unbranched alkanes of at least 4 members (excludes halogenated alkanes) is 7. The van der Waals surface area contributed by atoms with Gasteiger partial charge in [0.15, 0.2) is 0 Å². The molecular formula is C42H63N5O5S2. The Balaban J connectivity index is 1.11. The van der Waals surface area contributed by atoms with E-state index < -0.39 is 20.6 Å². The van der Waals surface area contributed by atoms with Crippen molar-refractivity contribution in [3.63, 3.8) is 0 Å². The Bertz CT molecular complexity index is 1750. The molecule has 4 heterocycles. The number of aliphatic hydroxyl groups is 1. The maximum Gasteiger partial charge on any atom is 0.210 e. The summed E-state index contributed by atoms with van der Waals surface area (Å²) in [6, 6.07) is 13.5. The summed E-state index contributed by atoms with van der Waals surface area (Å²) in [6.45, 7) is 11.8. The van der Waals surface area contributed by atoms with Crippen molar-refractivity contribution in [2.45, 2.75) is 111 Å². The van der Waals surface area contributed by atoms with Gasteiger partial charge in [0.2, 0.25) is 9.84 Å². The molecule has 298 valence electrons. The molecule has 1 unspecified atom stereocenters. The molecule has 54 heavy (non-hydrogen) atoms. The van der Waals surface area contributed by atoms with Crippen LogP contribution in [-0.2, 0) is 20.6 Å². The predicted molar refractivity (Wildman–Crippen MR) is 219 cm³/mol. The Kier molecular flexibility index (Phi) is 15.2. The van der Waals surface area contributed by atoms with Gasteiger partial charge in [-0.25, -0.2) is 8.42 Å². The molecule has 0 radical (unpaired) electrons. The first kappa shape index (κ1) is 41.0. The van der Waals surface area contributed by atoms with E-state index in [9.17, 15) is 17.7 Å². The van der Waals surface area contributed by atoms with Gasteiger partial charge in [0, 0.05) is 91.4 Å². The molecule has 3 fully saturated rings. The molecule has 1 N–H and O–H groups in total. The Morgan fingerprint density at radius 1 is 0.796 bits per heavy atom. The molecule has 3 saturated heterocycles. The fourth-order valence-electron chi connectivity index (χ4n) is 8.67. The first-order valence-corrected chi connectivity index (χ1v) is 23.6. The number of β-amino-alcohol motifs (C(OH)–C–C–N with tert-alkyl or cyclic N) is 1. The average molecular weight is 782 g/mol. The van der Waals surface area contributed by atoms with Crippen molar-refractivity contribution in [2.75, 3.05) is 83.3 Å². The zero-order valence-electron chi connectivity index (χ0n) is 32.7. The van der Waals surface area contributed by atoms with Crippen LogP contribution in [-0.4, -0.2) is 128 Å². The van der Waals surface area contributed by atoms with Gasteiger partial charge in [0.05, 0.1) is 29.3 Å². The van der Waals surface area contributed by atoms with Crippen molar-refractivity contribution in [3.05, 3.63) is 48.7 Å². The lowest BCUT2D eigenvalue weighted by molar-refractivity contribution is 0.0396. The van der Waals surface area contributed by atoms with Crippen molar-refractivity contribution in [1.29, 1.82) is 0 Å². The van der Waals surface area contributed by atoms with Crippen molar-refractivity contribution in [2.24, 2.45) is 0 Å². The zero-order chi connectivity index (χ0) is 37.9. The molecule has 3 aliphatic rings. The predicted octanol–water partition coefficient (Wildman–Crippen LogP) is 6.37. The van der Waals surface area contributed by atoms with Gasteiger partial charge in [-0.2, -0.15) is 0 Å². The minimum atomic E-state index is -3.93. The number of aliphatic hydroxyl groups excluding tert-OH is 1. The topological polar surface area (TPSA) is 107 Å². The molecule has 0 aliphatic carbocycles. The third-order valence-corrected chi connectivity index (χ3v) is 14.6. The molecule has 12 heteroatoms. The SMILES string of the molecule is CCCCCCCCCCOc1ccc(S(=O)(=O)c2cnc3ccc(S(C)=O)cc3c2N2CCC(N3CCC(N4CCN(CCO)CC4)CC3)CC2)cc1. The summed E-state index contributed by atoms with van der Waals surface area (Å²) >= 11 is 0. The normalized spacial score (nSPS) is 19.4. The second kappa shape index (κ2) is 20.0. The van der Waals surface area contributed by atoms with Crippen LogP contribution >= 0.6 is 0 Å². The number of hydrogen-bond donors (Lipinski definition) is 1. The van der Waals surface area contributed by atoms with Crippen molar-refractivity contribution in [3.8, 4) is 5.75 Å². The number of hydrogen-bond acceptors (Lipinski definition) is 10. The number of likely N-dealkylation sites (tertiary alicyclic amines) is 1. The molecule has 1 atom stereocenters. The smallest absolute Gasteiger partial charge is 0.210 e. The number of rotatable bonds is 18. The standard InChI is InChI=1S/C42H63N5O5S2/c1-3-4-5-6-7-8-9-10-31-52-36-11-14-38(15-12-36)54(50,51)41-33-43-40-16-13-37(53(2)49)32-39(40)42(41)47-23-19-34(20-24-47)45-21-17-35(18-22-45)46-27-25-44(26-28-46)29-30-48/h11-16,32-35,48H,3-10,17-31H2,1-2H3. The molecule has 3 aliphatic heterocycles. The van der Waals surface area contributed by atoms with Crippen LogP contribution in [0.1, 0.15) is 84.0 Å². The fraction of sp³-hybridized carbons (Fsp3) is 0.643. The van der Waals surface area contributed by atoms with Crippen molar-refractivity contribution < 1.29 is 22.5 Å². The van der Waals surface area contributed by atoms with E-state index in [2.05, 4.69) is 31.5 Å². The quantitative estimate of drug-likeness (QED) is 0.147. The van der Waals surface area contributed by atoms with Gasteiger partial charge in [0.1, 0.15) is 10.6 Å². The second-order valence-corrected chi connectivity index (χ2v) is 18.8. The van der Waals surface area contributed by atoms with Gasteiger partial charge in [0.25, 0.3) is 0 Å². The molecule has 2 aromatic carbocycles. The van der Waals surface area contributed by atoms with Gasteiger partial charge < -0.3 is 19.6 Å². The number of piperidine rings is 2. The minimum absolute atomic E-state index is 0.194. The number of sulfone groups is 1. The number of anilines is 1. The van der Waals surface area contributed by atoms with E-state index in [-0.39, 0.29) is 16.4 Å². The number of aromatic nitrogens is 1. The molecule has 10 nitrogen and oxygen atoms in total. The molecule has 0 saturated carbocycles. The number of benzene rings is 2. The highest BCUT2D eigenvalue weighted by atomic mass is 32.2. The van der Waals surface area contributed by atoms with E-state index in [1.54, 1.807) is 30.5 Å². The lowest BCUT2D eigenvalue weighted by Gasteiger charge is -2.46. The maximum absolute atomic E-state index is 14.4. The molecule has 1 aromatic heterocycles. The summed E-state index contributed by atoms with van der Waals surface area (Å²) in [6.07, 6.45) is 17.3. The third-order valence-electron chi connectivity index (χ3n) is 11.9. The largest absolute Gasteiger partial charge is 0.494 e. The van der Waals surface area contributed by atoms with Crippen molar-refractivity contribution >= 4 is 37.2 Å². The van der Waals surface area contributed by atoms with E-state index in [0.29, 0.717) is 40.5 Å². The molecule has 0 bridgehead atoms. The highest BCUT2D eigenvalue weighted by molar-refractivity contribution is 7.91. The van der Waals surface area contributed by atoms with Crippen LogP contribution in [0, 0.1) is 0 Å². The maximum atomic E-state index is 14.4. The molecular weight excluding hydrogens is 719 g/mol. The molecule has 3 aromatic rings. The van der Waals surface area contributed by atoms with Crippen LogP contribution in [0.4, 0.5) is 5.69 Å². The van der Waals surface area contributed by atoms with Crippen molar-refractivity contribution in [1.82, 2.24) is 19.7 Å². The number of pyridine rings is 1. The highest BCUT2D eigenvalue weighted by Gasteiger charge is 2.34. The molecule has 0 amide bonds. The number of fused-ring (bicyclic) bond motifs is 1. The second-order valence-electron chi connectivity index (χ2n) is 15.5. The lowest BCUT2D eigenvalue weighted by atomic mass is 9.96. The Labute approximate surface area is 326 Å². The first-order valence-electron chi connectivity index (χ1n) is 20.6. The van der Waals surface area contributed by atoms with Gasteiger partial charge in [-0.05, 0) is 87.7 Å². The fourth-order valence-corrected chi connectivity index (χ4v) is 10.7. The van der Waals surface area contributed by atoms with E-state index in [0.717, 1.165) is 90.0 Å². The highest BCUT2D eigenvalue weighted by Crippen LogP contribution is 2.39. The summed E-state index contributed by atoms with van der Waals surface area (Å²) in [4.78, 5) is 15.6. The number of nitrogens with zero attached hydrogens (tertiary/aromatic N) is 5. The van der Waals surface area contributed by atoms with Crippen LogP contribution in [0.3, 0.4) is 0 Å². The van der Waals surface area contributed by atoms with Gasteiger partial charge >= 0.3 is 0 Å². The van der Waals surface area contributed by atoms with Crippen LogP contribution in [0.15, 0.2) is 63.3 Å². The van der Waals surface area contributed by atoms with E-state index in [4.69, 9.17) is 4.74 Å². The van der Waals surface area contributed by atoms with Crippen LogP contribution in [0.25, 0.3) is 10.9 Å². The van der Waals surface area contributed by atoms with E-state index in [1.165, 1.54) is 57.6 Å². The summed E-state index contributed by atoms with van der Waals surface area (Å²) < 4.78 is 47.4. The van der Waals surface area contributed by atoms with Crippen LogP contribution in [0.5, 0.6) is 5.75 Å². The van der Waals surface area contributed by atoms with Gasteiger partial charge in [-0.3, -0.25) is 19.0 Å². The molecule has 0 spiro atoms. The van der Waals surface area contributed by atoms with Gasteiger partial charge in [-0.15, -0.1) is 0 Å². The monoisotopic (exact) mass is 781 g/mol. The summed E-state index contributed by atoms with van der Waals surface area (Å²) in [5.41, 5.74) is 1.36. The Morgan fingerprint density at radius 3 is 2.04 bits per heavy atom. The average Bonchev–Trinajstić information content (AvgIpc) is 3.20. The minimum Gasteiger partial charge on any atom is -0.494 e. The first-order chi connectivity index (χ1) is 26.3. The summed E-state index contributed by atoms with van der Waals surface area (Å²) in [7, 11) is -5.15. The van der Waals surface area contributed by atoms with E-state index >= 15 is 0 Å². The number of piperazine rings is 1. The third kappa shape index (κ3) is 10.4. The Hall–Kier alpha value is -2.61. The lowest BCUT2D eigenvalue weighted by Crippen LogP contribution is -2.55. The van der Waals surface area contributed by atoms with Crippen LogP contribution in [0.2, 0.25) is 0 Å². The summed E-state index contributed by atoms with van der Waals surface area (Å²) in [5, 5.41) is 10.0.